The monoisotopic (exact) mass is 268 g/mol. The predicted octanol–water partition coefficient (Wildman–Crippen LogP) is 1.51. The molecule has 3 unspecified atom stereocenters. The number of aliphatic hydroxyl groups excluding tert-OH is 1. The average Bonchev–Trinajstić information content (AvgIpc) is 2.39. The van der Waals surface area contributed by atoms with E-state index in [0.29, 0.717) is 30.2 Å². The molecule has 2 rings (SSSR count). The largest absolute Gasteiger partial charge is 0.396 e. The van der Waals surface area contributed by atoms with Gasteiger partial charge in [-0.1, -0.05) is 6.42 Å². The number of piperidine rings is 1. The van der Waals surface area contributed by atoms with Gasteiger partial charge in [-0.05, 0) is 50.4 Å². The quantitative estimate of drug-likeness (QED) is 0.812. The van der Waals surface area contributed by atoms with Crippen LogP contribution in [0.25, 0.3) is 0 Å². The van der Waals surface area contributed by atoms with Gasteiger partial charge in [0.1, 0.15) is 0 Å². The average molecular weight is 268 g/mol. The maximum atomic E-state index is 12.3. The van der Waals surface area contributed by atoms with E-state index < -0.39 is 0 Å². The smallest absolute Gasteiger partial charge is 0.222 e. The number of nitrogens with two attached hydrogens (primary N) is 1. The Morgan fingerprint density at radius 3 is 2.74 bits per heavy atom. The fourth-order valence-electron chi connectivity index (χ4n) is 3.60. The highest BCUT2D eigenvalue weighted by Gasteiger charge is 2.27. The zero-order valence-corrected chi connectivity index (χ0v) is 11.9. The van der Waals surface area contributed by atoms with Gasteiger partial charge in [0.2, 0.25) is 5.91 Å². The minimum Gasteiger partial charge on any atom is -0.396 e. The van der Waals surface area contributed by atoms with Crippen LogP contribution >= 0.6 is 0 Å². The summed E-state index contributed by atoms with van der Waals surface area (Å²) >= 11 is 0. The van der Waals surface area contributed by atoms with Gasteiger partial charge < -0.3 is 15.7 Å². The van der Waals surface area contributed by atoms with Crippen LogP contribution in [0.2, 0.25) is 0 Å². The molecule has 2 fully saturated rings. The van der Waals surface area contributed by atoms with Gasteiger partial charge in [-0.25, -0.2) is 0 Å². The molecule has 1 amide bonds. The summed E-state index contributed by atoms with van der Waals surface area (Å²) in [6.45, 7) is 1.99. The number of carbonyl (C=O) groups is 1. The van der Waals surface area contributed by atoms with Gasteiger partial charge in [0, 0.05) is 32.2 Å². The lowest BCUT2D eigenvalue weighted by molar-refractivity contribution is -0.134. The van der Waals surface area contributed by atoms with E-state index in [-0.39, 0.29) is 6.61 Å². The zero-order chi connectivity index (χ0) is 13.7. The Labute approximate surface area is 116 Å². The molecule has 0 aromatic rings. The van der Waals surface area contributed by atoms with Crippen molar-refractivity contribution in [2.24, 2.45) is 17.6 Å². The second-order valence-corrected chi connectivity index (χ2v) is 6.36. The van der Waals surface area contributed by atoms with Crippen molar-refractivity contribution >= 4 is 5.91 Å². The highest BCUT2D eigenvalue weighted by Crippen LogP contribution is 2.27. The third-order valence-corrected chi connectivity index (χ3v) is 4.70. The fraction of sp³-hybridized carbons (Fsp3) is 0.933. The van der Waals surface area contributed by atoms with E-state index in [2.05, 4.69) is 0 Å². The van der Waals surface area contributed by atoms with Crippen molar-refractivity contribution < 1.29 is 9.90 Å². The molecule has 1 aliphatic carbocycles. The highest BCUT2D eigenvalue weighted by molar-refractivity contribution is 5.76. The number of hydrogen-bond acceptors (Lipinski definition) is 3. The first kappa shape index (κ1) is 14.8. The van der Waals surface area contributed by atoms with Crippen molar-refractivity contribution in [2.45, 2.75) is 57.4 Å². The molecule has 4 heteroatoms. The molecule has 0 aromatic heterocycles. The fourth-order valence-corrected chi connectivity index (χ4v) is 3.60. The molecule has 3 N–H and O–H groups in total. The van der Waals surface area contributed by atoms with Crippen LogP contribution in [0.3, 0.4) is 0 Å². The number of carbonyl (C=O) groups excluding carboxylic acids is 1. The molecule has 1 heterocycles. The summed E-state index contributed by atoms with van der Waals surface area (Å²) in [6.07, 6.45) is 8.21. The van der Waals surface area contributed by atoms with Crippen LogP contribution in [0.1, 0.15) is 51.4 Å². The summed E-state index contributed by atoms with van der Waals surface area (Å²) < 4.78 is 0. The minimum absolute atomic E-state index is 0.240. The molecule has 0 radical (unpaired) electrons. The van der Waals surface area contributed by atoms with Crippen LogP contribution in [-0.4, -0.2) is 41.7 Å². The first-order valence-electron chi connectivity index (χ1n) is 7.83. The van der Waals surface area contributed by atoms with Gasteiger partial charge in [-0.15, -0.1) is 0 Å². The molecule has 0 aromatic carbocycles. The van der Waals surface area contributed by atoms with Crippen molar-refractivity contribution in [3.63, 3.8) is 0 Å². The lowest BCUT2D eigenvalue weighted by Crippen LogP contribution is -2.41. The Balaban J connectivity index is 1.78. The van der Waals surface area contributed by atoms with Crippen molar-refractivity contribution in [1.82, 2.24) is 4.90 Å². The molecule has 19 heavy (non-hydrogen) atoms. The van der Waals surface area contributed by atoms with E-state index in [4.69, 9.17) is 10.8 Å². The maximum absolute atomic E-state index is 12.3. The van der Waals surface area contributed by atoms with Gasteiger partial charge in [0.25, 0.3) is 0 Å². The SMILES string of the molecule is NC1CCCC(CC(=O)N2CCCC(CCO)C2)C1. The summed E-state index contributed by atoms with van der Waals surface area (Å²) in [5.41, 5.74) is 5.99. The summed E-state index contributed by atoms with van der Waals surface area (Å²) in [6, 6.07) is 0.301. The second kappa shape index (κ2) is 7.25. The van der Waals surface area contributed by atoms with Gasteiger partial charge in [0.05, 0.1) is 0 Å². The number of likely N-dealkylation sites (tertiary alicyclic amines) is 1. The molecular formula is C15H28N2O2. The lowest BCUT2D eigenvalue weighted by atomic mass is 9.83. The molecule has 4 nitrogen and oxygen atoms in total. The van der Waals surface area contributed by atoms with Crippen LogP contribution in [0.15, 0.2) is 0 Å². The zero-order valence-electron chi connectivity index (χ0n) is 11.9. The molecule has 0 bridgehead atoms. The van der Waals surface area contributed by atoms with Crippen LogP contribution in [0.4, 0.5) is 0 Å². The standard InChI is InChI=1S/C15H28N2O2/c16-14-5-1-3-13(9-14)10-15(19)17-7-2-4-12(11-17)6-8-18/h12-14,18H,1-11,16H2. The first-order valence-corrected chi connectivity index (χ1v) is 7.83. The number of nitrogens with zero attached hydrogens (tertiary/aromatic N) is 1. The number of hydrogen-bond donors (Lipinski definition) is 2. The van der Waals surface area contributed by atoms with Gasteiger partial charge in [-0.3, -0.25) is 4.79 Å². The number of aliphatic hydroxyl groups is 1. The number of amides is 1. The van der Waals surface area contributed by atoms with Crippen molar-refractivity contribution in [3.8, 4) is 0 Å². The van der Waals surface area contributed by atoms with Gasteiger partial charge in [0.15, 0.2) is 0 Å². The van der Waals surface area contributed by atoms with E-state index >= 15 is 0 Å². The molecule has 0 spiro atoms. The van der Waals surface area contributed by atoms with Crippen molar-refractivity contribution in [1.29, 1.82) is 0 Å². The molecule has 3 atom stereocenters. The van der Waals surface area contributed by atoms with E-state index in [0.717, 1.165) is 51.6 Å². The van der Waals surface area contributed by atoms with E-state index in [1.807, 2.05) is 4.90 Å². The van der Waals surface area contributed by atoms with Crippen LogP contribution in [0.5, 0.6) is 0 Å². The Morgan fingerprint density at radius 2 is 2.00 bits per heavy atom. The molecule has 2 aliphatic rings. The van der Waals surface area contributed by atoms with Gasteiger partial charge in [-0.2, -0.15) is 0 Å². The topological polar surface area (TPSA) is 66.6 Å². The van der Waals surface area contributed by atoms with Gasteiger partial charge >= 0.3 is 0 Å². The van der Waals surface area contributed by atoms with E-state index in [1.54, 1.807) is 0 Å². The van der Waals surface area contributed by atoms with E-state index in [1.165, 1.54) is 6.42 Å². The maximum Gasteiger partial charge on any atom is 0.222 e. The third-order valence-electron chi connectivity index (χ3n) is 4.70. The normalized spacial score (nSPS) is 32.3. The Hall–Kier alpha value is -0.610. The van der Waals surface area contributed by atoms with E-state index in [9.17, 15) is 4.79 Å². The first-order chi connectivity index (χ1) is 9.19. The third kappa shape index (κ3) is 4.46. The van der Waals surface area contributed by atoms with Crippen LogP contribution < -0.4 is 5.73 Å². The predicted molar refractivity (Wildman–Crippen MR) is 75.6 cm³/mol. The summed E-state index contributed by atoms with van der Waals surface area (Å²) in [7, 11) is 0. The van der Waals surface area contributed by atoms with Crippen molar-refractivity contribution in [3.05, 3.63) is 0 Å². The highest BCUT2D eigenvalue weighted by atomic mass is 16.3. The number of rotatable bonds is 4. The Bertz CT molecular complexity index is 294. The molecule has 1 saturated heterocycles. The molecule has 1 saturated carbocycles. The summed E-state index contributed by atoms with van der Waals surface area (Å²) in [5.74, 6) is 1.30. The molecule has 1 aliphatic heterocycles. The second-order valence-electron chi connectivity index (χ2n) is 6.36. The van der Waals surface area contributed by atoms with Crippen molar-refractivity contribution in [2.75, 3.05) is 19.7 Å². The summed E-state index contributed by atoms with van der Waals surface area (Å²) in [4.78, 5) is 14.4. The molecular weight excluding hydrogens is 240 g/mol. The lowest BCUT2D eigenvalue weighted by Gasteiger charge is -2.34. The van der Waals surface area contributed by atoms with Crippen LogP contribution in [-0.2, 0) is 4.79 Å². The Morgan fingerprint density at radius 1 is 1.21 bits per heavy atom. The Kier molecular flexibility index (Phi) is 5.64. The van der Waals surface area contributed by atoms with Crippen LogP contribution in [0, 0.1) is 11.8 Å². The minimum atomic E-state index is 0.240. The summed E-state index contributed by atoms with van der Waals surface area (Å²) in [5, 5.41) is 9.02. The molecule has 110 valence electrons.